The van der Waals surface area contributed by atoms with Gasteiger partial charge in [0.1, 0.15) is 0 Å². The van der Waals surface area contributed by atoms with Crippen LogP contribution in [0.3, 0.4) is 0 Å². The minimum atomic E-state index is 0.744. The van der Waals surface area contributed by atoms with Crippen molar-refractivity contribution in [3.63, 3.8) is 0 Å². The van der Waals surface area contributed by atoms with E-state index in [0.717, 1.165) is 18.5 Å². The Bertz CT molecular complexity index is 331. The minimum absolute atomic E-state index is 0.744. The van der Waals surface area contributed by atoms with Gasteiger partial charge < -0.3 is 5.32 Å². The van der Waals surface area contributed by atoms with Gasteiger partial charge in [0.15, 0.2) is 0 Å². The summed E-state index contributed by atoms with van der Waals surface area (Å²) in [6.45, 7) is 3.32. The van der Waals surface area contributed by atoms with E-state index < -0.39 is 0 Å². The van der Waals surface area contributed by atoms with E-state index >= 15 is 0 Å². The summed E-state index contributed by atoms with van der Waals surface area (Å²) >= 11 is 2.37. The van der Waals surface area contributed by atoms with Crippen molar-refractivity contribution in [3.05, 3.63) is 33.4 Å². The molecule has 1 aromatic carbocycles. The van der Waals surface area contributed by atoms with Crippen molar-refractivity contribution < 1.29 is 0 Å². The van der Waals surface area contributed by atoms with Crippen LogP contribution >= 0.6 is 22.6 Å². The van der Waals surface area contributed by atoms with Crippen molar-refractivity contribution in [1.82, 2.24) is 5.32 Å². The molecule has 0 saturated heterocycles. The van der Waals surface area contributed by atoms with Crippen LogP contribution in [0.1, 0.15) is 38.2 Å². The molecule has 0 spiro atoms. The van der Waals surface area contributed by atoms with Crippen molar-refractivity contribution in [2.75, 3.05) is 6.54 Å². The van der Waals surface area contributed by atoms with Gasteiger partial charge >= 0.3 is 0 Å². The summed E-state index contributed by atoms with van der Waals surface area (Å²) in [6.07, 6.45) is 6.82. The molecule has 0 heterocycles. The average molecular weight is 343 g/mol. The van der Waals surface area contributed by atoms with Gasteiger partial charge in [-0.1, -0.05) is 31.9 Å². The molecule has 0 aromatic heterocycles. The molecular weight excluding hydrogens is 321 g/mol. The normalized spacial score (nSPS) is 24.8. The quantitative estimate of drug-likeness (QED) is 0.815. The van der Waals surface area contributed by atoms with Crippen LogP contribution in [-0.2, 0) is 6.42 Å². The second-order valence-corrected chi connectivity index (χ2v) is 6.28. The van der Waals surface area contributed by atoms with E-state index in [1.54, 1.807) is 0 Å². The molecular formula is C15H22IN. The van der Waals surface area contributed by atoms with Gasteiger partial charge in [-0.05, 0) is 72.0 Å². The third-order valence-corrected chi connectivity index (χ3v) is 4.51. The van der Waals surface area contributed by atoms with E-state index in [0.29, 0.717) is 0 Å². The third kappa shape index (κ3) is 3.95. The Morgan fingerprint density at radius 2 is 1.88 bits per heavy atom. The molecule has 0 bridgehead atoms. The van der Waals surface area contributed by atoms with Crippen molar-refractivity contribution in [1.29, 1.82) is 0 Å². The largest absolute Gasteiger partial charge is 0.314 e. The standard InChI is InChI=1S/C15H22IN/c1-2-17-15-6-4-3-5-13(15)11-12-7-9-14(16)10-8-12/h7-10,13,15,17H,2-6,11H2,1H3. The van der Waals surface area contributed by atoms with E-state index in [4.69, 9.17) is 0 Å². The molecule has 2 heteroatoms. The first-order valence-electron chi connectivity index (χ1n) is 6.77. The molecule has 1 aliphatic carbocycles. The first-order chi connectivity index (χ1) is 8.29. The number of halogens is 1. The van der Waals surface area contributed by atoms with Gasteiger partial charge in [-0.3, -0.25) is 0 Å². The maximum atomic E-state index is 3.66. The van der Waals surface area contributed by atoms with E-state index in [-0.39, 0.29) is 0 Å². The van der Waals surface area contributed by atoms with Crippen LogP contribution in [0.15, 0.2) is 24.3 Å². The highest BCUT2D eigenvalue weighted by atomic mass is 127. The summed E-state index contributed by atoms with van der Waals surface area (Å²) in [6, 6.07) is 9.77. The first-order valence-corrected chi connectivity index (χ1v) is 7.85. The van der Waals surface area contributed by atoms with Crippen LogP contribution in [0.4, 0.5) is 0 Å². The van der Waals surface area contributed by atoms with Gasteiger partial charge in [0, 0.05) is 9.61 Å². The molecule has 2 unspecified atom stereocenters. The molecule has 1 saturated carbocycles. The Morgan fingerprint density at radius 3 is 2.59 bits per heavy atom. The summed E-state index contributed by atoms with van der Waals surface area (Å²) in [5.41, 5.74) is 1.50. The molecule has 0 radical (unpaired) electrons. The zero-order valence-electron chi connectivity index (χ0n) is 10.6. The second-order valence-electron chi connectivity index (χ2n) is 5.04. The number of benzene rings is 1. The Labute approximate surface area is 119 Å². The lowest BCUT2D eigenvalue weighted by molar-refractivity contribution is 0.264. The van der Waals surface area contributed by atoms with Crippen LogP contribution in [0.2, 0.25) is 0 Å². The Morgan fingerprint density at radius 1 is 1.18 bits per heavy atom. The van der Waals surface area contributed by atoms with Crippen LogP contribution in [-0.4, -0.2) is 12.6 Å². The summed E-state index contributed by atoms with van der Waals surface area (Å²) in [5.74, 6) is 0.837. The Hall–Kier alpha value is -0.0900. The lowest BCUT2D eigenvalue weighted by Crippen LogP contribution is -2.39. The highest BCUT2D eigenvalue weighted by Gasteiger charge is 2.24. The second kappa shape index (κ2) is 6.74. The molecule has 1 N–H and O–H groups in total. The lowest BCUT2D eigenvalue weighted by atomic mass is 9.80. The van der Waals surface area contributed by atoms with Crippen LogP contribution in [0, 0.1) is 9.49 Å². The molecule has 2 atom stereocenters. The molecule has 2 rings (SSSR count). The van der Waals surface area contributed by atoms with Gasteiger partial charge in [-0.25, -0.2) is 0 Å². The van der Waals surface area contributed by atoms with Crippen molar-refractivity contribution >= 4 is 22.6 Å². The molecule has 0 aliphatic heterocycles. The predicted octanol–water partition coefficient (Wildman–Crippen LogP) is 4.00. The lowest BCUT2D eigenvalue weighted by Gasteiger charge is -2.32. The van der Waals surface area contributed by atoms with Crippen molar-refractivity contribution in [2.24, 2.45) is 5.92 Å². The summed E-state index contributed by atoms with van der Waals surface area (Å²) in [7, 11) is 0. The topological polar surface area (TPSA) is 12.0 Å². The fourth-order valence-electron chi connectivity index (χ4n) is 2.91. The number of hydrogen-bond donors (Lipinski definition) is 1. The molecule has 1 aromatic rings. The van der Waals surface area contributed by atoms with E-state index in [9.17, 15) is 0 Å². The summed E-state index contributed by atoms with van der Waals surface area (Å²) in [5, 5.41) is 3.66. The zero-order valence-corrected chi connectivity index (χ0v) is 12.7. The summed E-state index contributed by atoms with van der Waals surface area (Å²) in [4.78, 5) is 0. The number of rotatable bonds is 4. The predicted molar refractivity (Wildman–Crippen MR) is 82.3 cm³/mol. The minimum Gasteiger partial charge on any atom is -0.314 e. The monoisotopic (exact) mass is 343 g/mol. The molecule has 17 heavy (non-hydrogen) atoms. The van der Waals surface area contributed by atoms with Crippen molar-refractivity contribution in [2.45, 2.75) is 45.1 Å². The van der Waals surface area contributed by atoms with Crippen LogP contribution in [0.5, 0.6) is 0 Å². The summed E-state index contributed by atoms with van der Waals surface area (Å²) < 4.78 is 1.33. The Balaban J connectivity index is 1.97. The first kappa shape index (κ1) is 13.3. The highest BCUT2D eigenvalue weighted by Crippen LogP contribution is 2.27. The molecule has 1 aliphatic rings. The molecule has 1 nitrogen and oxygen atoms in total. The number of nitrogens with one attached hydrogen (secondary N) is 1. The van der Waals surface area contributed by atoms with Gasteiger partial charge in [0.05, 0.1) is 0 Å². The zero-order chi connectivity index (χ0) is 12.1. The molecule has 0 amide bonds. The fraction of sp³-hybridized carbons (Fsp3) is 0.600. The molecule has 1 fully saturated rings. The van der Waals surface area contributed by atoms with Gasteiger partial charge in [-0.15, -0.1) is 0 Å². The van der Waals surface area contributed by atoms with E-state index in [2.05, 4.69) is 59.1 Å². The number of hydrogen-bond acceptors (Lipinski definition) is 1. The molecule has 94 valence electrons. The van der Waals surface area contributed by atoms with Gasteiger partial charge in [0.25, 0.3) is 0 Å². The fourth-order valence-corrected chi connectivity index (χ4v) is 3.27. The van der Waals surface area contributed by atoms with E-state index in [1.807, 2.05) is 0 Å². The smallest absolute Gasteiger partial charge is 0.0130 e. The third-order valence-electron chi connectivity index (χ3n) is 3.79. The van der Waals surface area contributed by atoms with Gasteiger partial charge in [-0.2, -0.15) is 0 Å². The average Bonchev–Trinajstić information content (AvgIpc) is 2.35. The van der Waals surface area contributed by atoms with E-state index in [1.165, 1.54) is 41.2 Å². The maximum Gasteiger partial charge on any atom is 0.0130 e. The van der Waals surface area contributed by atoms with Crippen LogP contribution < -0.4 is 5.32 Å². The SMILES string of the molecule is CCNC1CCCCC1Cc1ccc(I)cc1. The van der Waals surface area contributed by atoms with Crippen LogP contribution in [0.25, 0.3) is 0 Å². The van der Waals surface area contributed by atoms with Gasteiger partial charge in [0.2, 0.25) is 0 Å². The highest BCUT2D eigenvalue weighted by molar-refractivity contribution is 14.1. The Kier molecular flexibility index (Phi) is 5.29. The maximum absolute atomic E-state index is 3.66. The van der Waals surface area contributed by atoms with Crippen molar-refractivity contribution in [3.8, 4) is 0 Å².